The van der Waals surface area contributed by atoms with Gasteiger partial charge in [0, 0.05) is 25.2 Å². The molecule has 1 aliphatic heterocycles. The monoisotopic (exact) mass is 358 g/mol. The normalized spacial score (nSPS) is 17.3. The maximum atomic E-state index is 12.5. The molecule has 1 aromatic carbocycles. The molecule has 25 heavy (non-hydrogen) atoms. The molecule has 0 aliphatic carbocycles. The first-order valence-corrected chi connectivity index (χ1v) is 7.78. The first kappa shape index (κ1) is 18.8. The van der Waals surface area contributed by atoms with Crippen LogP contribution in [0.4, 0.5) is 13.6 Å². The summed E-state index contributed by atoms with van der Waals surface area (Å²) in [5, 5.41) is 11.7. The first-order chi connectivity index (χ1) is 11.9. The molecule has 2 amide bonds. The van der Waals surface area contributed by atoms with Crippen molar-refractivity contribution in [2.24, 2.45) is 5.92 Å². The summed E-state index contributed by atoms with van der Waals surface area (Å²) in [7, 11) is 1.44. The average molecular weight is 358 g/mol. The molecular weight excluding hydrogens is 338 g/mol. The van der Waals surface area contributed by atoms with E-state index in [4.69, 9.17) is 9.84 Å². The van der Waals surface area contributed by atoms with Gasteiger partial charge in [-0.2, -0.15) is 8.78 Å². The zero-order valence-corrected chi connectivity index (χ0v) is 13.7. The Morgan fingerprint density at radius 1 is 1.44 bits per heavy atom. The Hall–Kier alpha value is -2.58. The SMILES string of the molecule is COc1ccc(OC(F)F)c(CNC(=O)N2CCCC(C(=O)O)C2)c1. The molecule has 1 heterocycles. The molecule has 1 fully saturated rings. The van der Waals surface area contributed by atoms with Crippen molar-refractivity contribution in [1.82, 2.24) is 10.2 Å². The lowest BCUT2D eigenvalue weighted by molar-refractivity contribution is -0.143. The predicted octanol–water partition coefficient (Wildman–Crippen LogP) is 2.30. The second kappa shape index (κ2) is 8.50. The largest absolute Gasteiger partial charge is 0.497 e. The van der Waals surface area contributed by atoms with Crippen LogP contribution in [0.15, 0.2) is 18.2 Å². The van der Waals surface area contributed by atoms with Crippen LogP contribution in [0.3, 0.4) is 0 Å². The number of nitrogens with one attached hydrogen (secondary N) is 1. The summed E-state index contributed by atoms with van der Waals surface area (Å²) in [6, 6.07) is 3.87. The number of rotatable bonds is 6. The van der Waals surface area contributed by atoms with Crippen LogP contribution in [-0.2, 0) is 11.3 Å². The number of nitrogens with zero attached hydrogens (tertiary/aromatic N) is 1. The number of aliphatic carboxylic acids is 1. The van der Waals surface area contributed by atoms with Gasteiger partial charge in [0.2, 0.25) is 0 Å². The standard InChI is InChI=1S/C16H20F2N2O5/c1-24-12-4-5-13(25-15(17)18)11(7-12)8-19-16(23)20-6-2-3-10(9-20)14(21)22/h4-5,7,10,15H,2-3,6,8-9H2,1H3,(H,19,23)(H,21,22). The molecule has 1 aliphatic rings. The fourth-order valence-electron chi connectivity index (χ4n) is 2.68. The van der Waals surface area contributed by atoms with Gasteiger partial charge in [-0.1, -0.05) is 0 Å². The molecule has 0 radical (unpaired) electrons. The zero-order valence-electron chi connectivity index (χ0n) is 13.7. The van der Waals surface area contributed by atoms with Crippen LogP contribution in [0, 0.1) is 5.92 Å². The molecule has 1 atom stereocenters. The van der Waals surface area contributed by atoms with Crippen LogP contribution in [0.1, 0.15) is 18.4 Å². The fraction of sp³-hybridized carbons (Fsp3) is 0.500. The van der Waals surface area contributed by atoms with Gasteiger partial charge >= 0.3 is 18.6 Å². The Kier molecular flexibility index (Phi) is 6.37. The van der Waals surface area contributed by atoms with Crippen molar-refractivity contribution in [3.8, 4) is 11.5 Å². The van der Waals surface area contributed by atoms with Crippen molar-refractivity contribution in [2.75, 3.05) is 20.2 Å². The summed E-state index contributed by atoms with van der Waals surface area (Å²) in [5.41, 5.74) is 0.333. The lowest BCUT2D eigenvalue weighted by Crippen LogP contribution is -2.46. The summed E-state index contributed by atoms with van der Waals surface area (Å²) in [4.78, 5) is 24.7. The van der Waals surface area contributed by atoms with Crippen LogP contribution in [0.5, 0.6) is 11.5 Å². The van der Waals surface area contributed by atoms with E-state index in [0.29, 0.717) is 30.7 Å². The van der Waals surface area contributed by atoms with Gasteiger partial charge in [0.25, 0.3) is 0 Å². The minimum Gasteiger partial charge on any atom is -0.497 e. The van der Waals surface area contributed by atoms with E-state index < -0.39 is 24.5 Å². The van der Waals surface area contributed by atoms with Gasteiger partial charge in [0.1, 0.15) is 11.5 Å². The maximum Gasteiger partial charge on any atom is 0.387 e. The van der Waals surface area contributed by atoms with Gasteiger partial charge in [0.05, 0.1) is 13.0 Å². The molecule has 0 saturated carbocycles. The van der Waals surface area contributed by atoms with Crippen LogP contribution < -0.4 is 14.8 Å². The highest BCUT2D eigenvalue weighted by molar-refractivity contribution is 5.76. The van der Waals surface area contributed by atoms with E-state index in [2.05, 4.69) is 10.1 Å². The minimum absolute atomic E-state index is 0.0493. The number of ether oxygens (including phenoxy) is 2. The van der Waals surface area contributed by atoms with Crippen LogP contribution in [-0.4, -0.2) is 48.8 Å². The Bertz CT molecular complexity index is 627. The Morgan fingerprint density at radius 2 is 2.20 bits per heavy atom. The predicted molar refractivity (Wildman–Crippen MR) is 83.8 cm³/mol. The number of hydrogen-bond donors (Lipinski definition) is 2. The number of halogens is 2. The lowest BCUT2D eigenvalue weighted by atomic mass is 9.99. The Morgan fingerprint density at radius 3 is 2.84 bits per heavy atom. The highest BCUT2D eigenvalue weighted by Crippen LogP contribution is 2.26. The van der Waals surface area contributed by atoms with E-state index in [1.54, 1.807) is 0 Å². The van der Waals surface area contributed by atoms with Gasteiger partial charge in [-0.15, -0.1) is 0 Å². The van der Waals surface area contributed by atoms with Gasteiger partial charge in [-0.05, 0) is 31.0 Å². The second-order valence-corrected chi connectivity index (χ2v) is 5.63. The van der Waals surface area contributed by atoms with Crippen LogP contribution >= 0.6 is 0 Å². The molecule has 7 nitrogen and oxygen atoms in total. The smallest absolute Gasteiger partial charge is 0.387 e. The maximum absolute atomic E-state index is 12.5. The summed E-state index contributed by atoms with van der Waals surface area (Å²) >= 11 is 0. The summed E-state index contributed by atoms with van der Waals surface area (Å²) < 4.78 is 34.5. The van der Waals surface area contributed by atoms with Gasteiger partial charge < -0.3 is 24.8 Å². The average Bonchev–Trinajstić information content (AvgIpc) is 2.60. The number of amides is 2. The van der Waals surface area contributed by atoms with Crippen molar-refractivity contribution in [1.29, 1.82) is 0 Å². The number of hydrogen-bond acceptors (Lipinski definition) is 4. The van der Waals surface area contributed by atoms with Gasteiger partial charge in [-0.3, -0.25) is 4.79 Å². The first-order valence-electron chi connectivity index (χ1n) is 7.78. The van der Waals surface area contributed by atoms with E-state index in [9.17, 15) is 18.4 Å². The van der Waals surface area contributed by atoms with Crippen molar-refractivity contribution in [2.45, 2.75) is 26.0 Å². The second-order valence-electron chi connectivity index (χ2n) is 5.63. The topological polar surface area (TPSA) is 88.1 Å². The summed E-state index contributed by atoms with van der Waals surface area (Å²) in [6.07, 6.45) is 1.13. The van der Waals surface area contributed by atoms with E-state index in [1.165, 1.54) is 30.2 Å². The van der Waals surface area contributed by atoms with E-state index in [0.717, 1.165) is 0 Å². The number of carbonyl (C=O) groups is 2. The summed E-state index contributed by atoms with van der Waals surface area (Å²) in [5.74, 6) is -1.14. The molecule has 0 aromatic heterocycles. The molecule has 1 saturated heterocycles. The number of likely N-dealkylation sites (tertiary alicyclic amines) is 1. The van der Waals surface area contributed by atoms with Crippen LogP contribution in [0.2, 0.25) is 0 Å². The third-order valence-electron chi connectivity index (χ3n) is 3.97. The summed E-state index contributed by atoms with van der Waals surface area (Å²) in [6.45, 7) is -2.46. The Labute approximate surface area is 143 Å². The molecule has 0 spiro atoms. The number of carboxylic acids is 1. The van der Waals surface area contributed by atoms with Crippen molar-refractivity contribution in [3.05, 3.63) is 23.8 Å². The number of carbonyl (C=O) groups excluding carboxylic acids is 1. The number of methoxy groups -OCH3 is 1. The number of carboxylic acid groups (broad SMARTS) is 1. The van der Waals surface area contributed by atoms with Crippen molar-refractivity contribution in [3.63, 3.8) is 0 Å². The fourth-order valence-corrected chi connectivity index (χ4v) is 2.68. The van der Waals surface area contributed by atoms with E-state index in [-0.39, 0.29) is 18.8 Å². The van der Waals surface area contributed by atoms with E-state index in [1.807, 2.05) is 0 Å². The molecular formula is C16H20F2N2O5. The molecule has 2 N–H and O–H groups in total. The third kappa shape index (κ3) is 5.20. The van der Waals surface area contributed by atoms with E-state index >= 15 is 0 Å². The number of alkyl halides is 2. The Balaban J connectivity index is 2.01. The van der Waals surface area contributed by atoms with Crippen molar-refractivity contribution >= 4 is 12.0 Å². The molecule has 9 heteroatoms. The zero-order chi connectivity index (χ0) is 18.4. The molecule has 138 valence electrons. The number of piperidine rings is 1. The number of urea groups is 1. The lowest BCUT2D eigenvalue weighted by Gasteiger charge is -2.30. The number of benzene rings is 1. The van der Waals surface area contributed by atoms with Crippen LogP contribution in [0.25, 0.3) is 0 Å². The highest BCUT2D eigenvalue weighted by Gasteiger charge is 2.28. The minimum atomic E-state index is -2.98. The molecule has 1 unspecified atom stereocenters. The molecule has 2 rings (SSSR count). The quantitative estimate of drug-likeness (QED) is 0.815. The third-order valence-corrected chi connectivity index (χ3v) is 3.97. The highest BCUT2D eigenvalue weighted by atomic mass is 19.3. The molecule has 0 bridgehead atoms. The molecule has 1 aromatic rings. The van der Waals surface area contributed by atoms with Crippen molar-refractivity contribution < 1.29 is 33.0 Å². The van der Waals surface area contributed by atoms with Gasteiger partial charge in [-0.25, -0.2) is 4.79 Å². The van der Waals surface area contributed by atoms with Gasteiger partial charge in [0.15, 0.2) is 0 Å².